The Kier molecular flexibility index (Phi) is 6.83. The second-order valence-corrected chi connectivity index (χ2v) is 3.72. The highest BCUT2D eigenvalue weighted by Crippen LogP contribution is 2.37. The lowest BCUT2D eigenvalue weighted by molar-refractivity contribution is 0.162. The van der Waals surface area contributed by atoms with Gasteiger partial charge in [-0.05, 0) is 13.0 Å². The lowest BCUT2D eigenvalue weighted by atomic mass is 10.0. The zero-order valence-corrected chi connectivity index (χ0v) is 11.8. The predicted octanol–water partition coefficient (Wildman–Crippen LogP) is 1.51. The number of nitrogens with two attached hydrogens (primary N) is 1. The highest BCUT2D eigenvalue weighted by molar-refractivity contribution is 5.85. The van der Waals surface area contributed by atoms with E-state index < -0.39 is 12.1 Å². The van der Waals surface area contributed by atoms with Crippen LogP contribution < -0.4 is 19.9 Å². The predicted molar refractivity (Wildman–Crippen MR) is 72.0 cm³/mol. The number of halogens is 1. The van der Waals surface area contributed by atoms with Crippen LogP contribution in [0.4, 0.5) is 0 Å². The first kappa shape index (κ1) is 16.8. The van der Waals surface area contributed by atoms with E-state index in [1.807, 2.05) is 0 Å². The van der Waals surface area contributed by atoms with Crippen molar-refractivity contribution in [1.82, 2.24) is 0 Å². The monoisotopic (exact) mass is 277 g/mol. The summed E-state index contributed by atoms with van der Waals surface area (Å²) in [7, 11) is 4.63. The first-order chi connectivity index (χ1) is 8.04. The molecule has 104 valence electrons. The summed E-state index contributed by atoms with van der Waals surface area (Å²) < 4.78 is 15.6. The Morgan fingerprint density at radius 1 is 1.00 bits per heavy atom. The summed E-state index contributed by atoms with van der Waals surface area (Å²) in [6.07, 6.45) is -0.679. The topological polar surface area (TPSA) is 73.9 Å². The molecule has 0 aliphatic carbocycles. The van der Waals surface area contributed by atoms with E-state index in [1.165, 1.54) is 0 Å². The number of hydrogen-bond acceptors (Lipinski definition) is 5. The highest BCUT2D eigenvalue weighted by Gasteiger charge is 2.20. The molecule has 3 N–H and O–H groups in total. The van der Waals surface area contributed by atoms with Crippen molar-refractivity contribution in [1.29, 1.82) is 0 Å². The van der Waals surface area contributed by atoms with Crippen LogP contribution >= 0.6 is 12.4 Å². The molecule has 0 saturated carbocycles. The van der Waals surface area contributed by atoms with Gasteiger partial charge in [-0.3, -0.25) is 0 Å². The Hall–Kier alpha value is -1.17. The largest absolute Gasteiger partial charge is 0.496 e. The van der Waals surface area contributed by atoms with Crippen LogP contribution in [0.3, 0.4) is 0 Å². The van der Waals surface area contributed by atoms with Crippen molar-refractivity contribution < 1.29 is 19.3 Å². The molecule has 0 fully saturated rings. The van der Waals surface area contributed by atoms with Crippen LogP contribution in [0, 0.1) is 0 Å². The second kappa shape index (κ2) is 7.31. The molecule has 0 heterocycles. The molecule has 1 aromatic rings. The van der Waals surface area contributed by atoms with Gasteiger partial charge in [0.15, 0.2) is 11.5 Å². The minimum atomic E-state index is -0.679. The Bertz CT molecular complexity index is 385. The molecule has 5 nitrogen and oxygen atoms in total. The standard InChI is InChI=1S/C12H19NO4.ClH/c1-7(14)12(13)8-5-10(16-3)11(17-4)6-9(8)15-2;/h5-7,12,14H,13H2,1-4H3;1H/t7-,12-;/m1./s1. The molecule has 2 atom stereocenters. The van der Waals surface area contributed by atoms with E-state index in [4.69, 9.17) is 19.9 Å². The Morgan fingerprint density at radius 2 is 1.44 bits per heavy atom. The Labute approximate surface area is 113 Å². The minimum Gasteiger partial charge on any atom is -0.496 e. The number of benzene rings is 1. The average Bonchev–Trinajstić information content (AvgIpc) is 2.35. The smallest absolute Gasteiger partial charge is 0.164 e. The fourth-order valence-electron chi connectivity index (χ4n) is 1.57. The number of ether oxygens (including phenoxy) is 3. The van der Waals surface area contributed by atoms with Gasteiger partial charge in [-0.2, -0.15) is 0 Å². The van der Waals surface area contributed by atoms with Crippen molar-refractivity contribution in [2.75, 3.05) is 21.3 Å². The summed E-state index contributed by atoms with van der Waals surface area (Å²) in [4.78, 5) is 0. The van der Waals surface area contributed by atoms with Crippen LogP contribution in [-0.4, -0.2) is 32.5 Å². The molecule has 0 bridgehead atoms. The van der Waals surface area contributed by atoms with Crippen molar-refractivity contribution in [2.45, 2.75) is 19.1 Å². The van der Waals surface area contributed by atoms with Crippen LogP contribution in [0.25, 0.3) is 0 Å². The lowest BCUT2D eigenvalue weighted by Gasteiger charge is -2.20. The SMILES string of the molecule is COc1cc(OC)c([C@H](N)[C@@H](C)O)cc1OC.Cl. The molecule has 0 aliphatic rings. The molecule has 1 aromatic carbocycles. The number of rotatable bonds is 5. The molecule has 0 spiro atoms. The Morgan fingerprint density at radius 3 is 1.83 bits per heavy atom. The van der Waals surface area contributed by atoms with Crippen molar-refractivity contribution >= 4 is 12.4 Å². The van der Waals surface area contributed by atoms with Crippen molar-refractivity contribution in [3.63, 3.8) is 0 Å². The van der Waals surface area contributed by atoms with E-state index in [0.29, 0.717) is 22.8 Å². The number of aliphatic hydroxyl groups is 1. The quantitative estimate of drug-likeness (QED) is 0.853. The summed E-state index contributed by atoms with van der Waals surface area (Å²) in [5.74, 6) is 1.68. The van der Waals surface area contributed by atoms with Gasteiger partial charge in [-0.15, -0.1) is 12.4 Å². The fourth-order valence-corrected chi connectivity index (χ4v) is 1.57. The average molecular weight is 278 g/mol. The zero-order chi connectivity index (χ0) is 13.0. The van der Waals surface area contributed by atoms with Gasteiger partial charge < -0.3 is 25.1 Å². The lowest BCUT2D eigenvalue weighted by Crippen LogP contribution is -2.23. The minimum absolute atomic E-state index is 0. The normalized spacial score (nSPS) is 13.2. The second-order valence-electron chi connectivity index (χ2n) is 3.72. The van der Waals surface area contributed by atoms with Crippen LogP contribution in [0.15, 0.2) is 12.1 Å². The third-order valence-electron chi connectivity index (χ3n) is 2.61. The van der Waals surface area contributed by atoms with Gasteiger partial charge >= 0.3 is 0 Å². The maximum absolute atomic E-state index is 9.53. The molecule has 6 heteroatoms. The molecule has 0 unspecified atom stereocenters. The molecule has 1 rings (SSSR count). The molecular formula is C12H20ClNO4. The maximum Gasteiger partial charge on any atom is 0.164 e. The fraction of sp³-hybridized carbons (Fsp3) is 0.500. The van der Waals surface area contributed by atoms with E-state index in [2.05, 4.69) is 0 Å². The number of aliphatic hydroxyl groups excluding tert-OH is 1. The molecule has 0 amide bonds. The summed E-state index contributed by atoms with van der Waals surface area (Å²) in [6, 6.07) is 2.87. The molecule has 0 radical (unpaired) electrons. The number of hydrogen-bond donors (Lipinski definition) is 2. The molecule has 18 heavy (non-hydrogen) atoms. The van der Waals surface area contributed by atoms with Crippen molar-refractivity contribution in [3.8, 4) is 17.2 Å². The van der Waals surface area contributed by atoms with Gasteiger partial charge in [0.1, 0.15) is 5.75 Å². The van der Waals surface area contributed by atoms with Gasteiger partial charge in [0, 0.05) is 11.6 Å². The zero-order valence-electron chi connectivity index (χ0n) is 11.0. The van der Waals surface area contributed by atoms with E-state index in [0.717, 1.165) is 0 Å². The van der Waals surface area contributed by atoms with Gasteiger partial charge in [0.2, 0.25) is 0 Å². The van der Waals surface area contributed by atoms with Gasteiger partial charge in [0.05, 0.1) is 33.5 Å². The highest BCUT2D eigenvalue weighted by atomic mass is 35.5. The Balaban J connectivity index is 0.00000289. The van der Waals surface area contributed by atoms with E-state index in [9.17, 15) is 5.11 Å². The first-order valence-corrected chi connectivity index (χ1v) is 5.28. The van der Waals surface area contributed by atoms with Gasteiger partial charge in [0.25, 0.3) is 0 Å². The first-order valence-electron chi connectivity index (χ1n) is 5.28. The van der Waals surface area contributed by atoms with Crippen LogP contribution in [-0.2, 0) is 0 Å². The van der Waals surface area contributed by atoms with Crippen LogP contribution in [0.1, 0.15) is 18.5 Å². The van der Waals surface area contributed by atoms with E-state index >= 15 is 0 Å². The van der Waals surface area contributed by atoms with Crippen LogP contribution in [0.5, 0.6) is 17.2 Å². The third kappa shape index (κ3) is 3.41. The van der Waals surface area contributed by atoms with Crippen molar-refractivity contribution in [2.24, 2.45) is 5.73 Å². The molecule has 0 aliphatic heterocycles. The molecular weight excluding hydrogens is 258 g/mol. The van der Waals surface area contributed by atoms with Gasteiger partial charge in [-0.1, -0.05) is 0 Å². The molecule has 0 aromatic heterocycles. The number of methoxy groups -OCH3 is 3. The summed E-state index contributed by atoms with van der Waals surface area (Å²) in [6.45, 7) is 1.63. The van der Waals surface area contributed by atoms with E-state index in [-0.39, 0.29) is 12.4 Å². The third-order valence-corrected chi connectivity index (χ3v) is 2.61. The summed E-state index contributed by atoms with van der Waals surface area (Å²) >= 11 is 0. The summed E-state index contributed by atoms with van der Waals surface area (Å²) in [5.41, 5.74) is 6.58. The summed E-state index contributed by atoms with van der Waals surface area (Å²) in [5, 5.41) is 9.53. The van der Waals surface area contributed by atoms with Crippen molar-refractivity contribution in [3.05, 3.63) is 17.7 Å². The van der Waals surface area contributed by atoms with Crippen LogP contribution in [0.2, 0.25) is 0 Å². The van der Waals surface area contributed by atoms with E-state index in [1.54, 1.807) is 40.4 Å². The molecule has 0 saturated heterocycles. The maximum atomic E-state index is 9.53. The van der Waals surface area contributed by atoms with Gasteiger partial charge in [-0.25, -0.2) is 0 Å².